The Morgan fingerprint density at radius 3 is 2.70 bits per heavy atom. The molecule has 0 atom stereocenters. The molecule has 0 aliphatic carbocycles. The number of carbonyl (C=O) groups excluding carboxylic acids is 1. The molecule has 0 saturated carbocycles. The van der Waals surface area contributed by atoms with Crippen LogP contribution < -0.4 is 5.32 Å². The first kappa shape index (κ1) is 18.4. The van der Waals surface area contributed by atoms with Crippen molar-refractivity contribution in [3.63, 3.8) is 0 Å². The Kier molecular flexibility index (Phi) is 8.08. The van der Waals surface area contributed by atoms with Gasteiger partial charge in [-0.05, 0) is 42.0 Å². The van der Waals surface area contributed by atoms with E-state index >= 15 is 0 Å². The van der Waals surface area contributed by atoms with E-state index in [9.17, 15) is 4.79 Å². The van der Waals surface area contributed by atoms with Crippen LogP contribution in [0.3, 0.4) is 0 Å². The average molecular weight is 357 g/mol. The molecule has 1 saturated heterocycles. The van der Waals surface area contributed by atoms with Crippen molar-refractivity contribution in [2.45, 2.75) is 17.4 Å². The van der Waals surface area contributed by atoms with Gasteiger partial charge in [-0.3, -0.25) is 0 Å². The van der Waals surface area contributed by atoms with Crippen LogP contribution in [0.5, 0.6) is 0 Å². The van der Waals surface area contributed by atoms with Crippen molar-refractivity contribution in [1.82, 2.24) is 4.90 Å². The number of anilines is 1. The molecule has 1 fully saturated rings. The molecule has 1 heterocycles. The Morgan fingerprint density at radius 2 is 2.00 bits per heavy atom. The van der Waals surface area contributed by atoms with Crippen molar-refractivity contribution >= 4 is 35.2 Å². The van der Waals surface area contributed by atoms with Gasteiger partial charge in [0.25, 0.3) is 0 Å². The molecule has 1 aliphatic heterocycles. The van der Waals surface area contributed by atoms with Crippen LogP contribution in [0.4, 0.5) is 10.5 Å². The van der Waals surface area contributed by atoms with Gasteiger partial charge >= 0.3 is 6.03 Å². The van der Waals surface area contributed by atoms with E-state index in [-0.39, 0.29) is 25.8 Å². The Morgan fingerprint density at radius 1 is 1.22 bits per heavy atom. The Hall–Kier alpha value is -0.890. The molecule has 0 aromatic heterocycles. The zero-order valence-electron chi connectivity index (χ0n) is 13.1. The second-order valence-corrected chi connectivity index (χ2v) is 7.99. The van der Waals surface area contributed by atoms with E-state index in [0.717, 1.165) is 5.69 Å². The summed E-state index contributed by atoms with van der Waals surface area (Å²) in [6.45, 7) is 0.631. The lowest BCUT2D eigenvalue weighted by Gasteiger charge is -2.23. The highest BCUT2D eigenvalue weighted by atomic mass is 32.2. The number of benzene rings is 1. The lowest BCUT2D eigenvalue weighted by Crippen LogP contribution is -2.38. The third-order valence-corrected chi connectivity index (χ3v) is 6.50. The summed E-state index contributed by atoms with van der Waals surface area (Å²) in [6.07, 6.45) is 1.76. The summed E-state index contributed by atoms with van der Waals surface area (Å²) < 4.78 is 0.434. The predicted octanol–water partition coefficient (Wildman–Crippen LogP) is 2.76. The molecule has 128 valence electrons. The van der Waals surface area contributed by atoms with Crippen molar-refractivity contribution in [2.24, 2.45) is 0 Å². The highest BCUT2D eigenvalue weighted by Crippen LogP contribution is 2.44. The summed E-state index contributed by atoms with van der Waals surface area (Å²) in [6, 6.07) is 7.72. The molecular weight excluding hydrogens is 332 g/mol. The number of hydrogen-bond donors (Lipinski definition) is 3. The number of aliphatic hydroxyl groups is 2. The summed E-state index contributed by atoms with van der Waals surface area (Å²) in [7, 11) is 0. The van der Waals surface area contributed by atoms with Crippen LogP contribution in [-0.2, 0) is 0 Å². The fourth-order valence-corrected chi connectivity index (χ4v) is 5.22. The largest absolute Gasteiger partial charge is 0.396 e. The van der Waals surface area contributed by atoms with Crippen LogP contribution in [0.15, 0.2) is 24.3 Å². The molecule has 0 radical (unpaired) electrons. The molecule has 1 aromatic rings. The normalized spacial score (nSPS) is 15.4. The first-order chi connectivity index (χ1) is 11.2. The summed E-state index contributed by atoms with van der Waals surface area (Å²) >= 11 is 3.90. The smallest absolute Gasteiger partial charge is 0.321 e. The fraction of sp³-hybridized carbons (Fsp3) is 0.562. The molecule has 0 unspecified atom stereocenters. The quantitative estimate of drug-likeness (QED) is 0.701. The van der Waals surface area contributed by atoms with Crippen LogP contribution in [0.1, 0.15) is 23.0 Å². The number of amides is 2. The van der Waals surface area contributed by atoms with E-state index in [1.807, 2.05) is 41.7 Å². The predicted molar refractivity (Wildman–Crippen MR) is 98.1 cm³/mol. The zero-order valence-corrected chi connectivity index (χ0v) is 14.7. The van der Waals surface area contributed by atoms with Crippen molar-refractivity contribution < 1.29 is 15.0 Å². The van der Waals surface area contributed by atoms with Crippen LogP contribution in [0.2, 0.25) is 0 Å². The topological polar surface area (TPSA) is 72.8 Å². The van der Waals surface area contributed by atoms with Gasteiger partial charge in [0.2, 0.25) is 0 Å². The third kappa shape index (κ3) is 5.91. The molecule has 5 nitrogen and oxygen atoms in total. The number of nitrogens with one attached hydrogen (secondary N) is 1. The van der Waals surface area contributed by atoms with Crippen molar-refractivity contribution in [1.29, 1.82) is 0 Å². The van der Waals surface area contributed by atoms with Crippen molar-refractivity contribution in [3.8, 4) is 0 Å². The minimum atomic E-state index is -0.242. The molecule has 1 aromatic carbocycles. The SMILES string of the molecule is O=C(Nc1cccc(C2SCCCS2)c1)N(CCO)CCCO. The average Bonchev–Trinajstić information content (AvgIpc) is 2.59. The van der Waals surface area contributed by atoms with E-state index in [0.29, 0.717) is 17.5 Å². The van der Waals surface area contributed by atoms with E-state index in [1.165, 1.54) is 28.4 Å². The number of urea groups is 1. The molecule has 2 rings (SSSR count). The molecule has 7 heteroatoms. The van der Waals surface area contributed by atoms with Gasteiger partial charge in [0.05, 0.1) is 11.2 Å². The van der Waals surface area contributed by atoms with Crippen LogP contribution >= 0.6 is 23.5 Å². The molecule has 23 heavy (non-hydrogen) atoms. The summed E-state index contributed by atoms with van der Waals surface area (Å²) in [5, 5.41) is 20.9. The number of aliphatic hydroxyl groups excluding tert-OH is 2. The standard InChI is InChI=1S/C16H24N2O3S2/c19-8-2-6-18(7-9-20)16(21)17-14-5-1-4-13(12-14)15-22-10-3-11-23-15/h1,4-5,12,15,19-20H,2-3,6-11H2,(H,17,21). The summed E-state index contributed by atoms with van der Waals surface area (Å²) in [5.41, 5.74) is 1.99. The Balaban J connectivity index is 1.98. The van der Waals surface area contributed by atoms with E-state index in [4.69, 9.17) is 10.2 Å². The zero-order chi connectivity index (χ0) is 16.5. The van der Waals surface area contributed by atoms with Gasteiger partial charge in [-0.25, -0.2) is 4.79 Å². The van der Waals surface area contributed by atoms with E-state index < -0.39 is 0 Å². The van der Waals surface area contributed by atoms with E-state index in [1.54, 1.807) is 0 Å². The Labute approximate surface area is 145 Å². The van der Waals surface area contributed by atoms with Crippen LogP contribution in [0, 0.1) is 0 Å². The molecule has 3 N–H and O–H groups in total. The van der Waals surface area contributed by atoms with Gasteiger partial charge < -0.3 is 20.4 Å². The molecular formula is C16H24N2O3S2. The molecule has 1 aliphatic rings. The third-order valence-electron chi connectivity index (χ3n) is 3.48. The lowest BCUT2D eigenvalue weighted by molar-refractivity contribution is 0.180. The number of carbonyl (C=O) groups is 1. The first-order valence-electron chi connectivity index (χ1n) is 7.85. The minimum Gasteiger partial charge on any atom is -0.396 e. The number of hydrogen-bond acceptors (Lipinski definition) is 5. The molecule has 0 spiro atoms. The lowest BCUT2D eigenvalue weighted by atomic mass is 10.2. The Bertz CT molecular complexity index is 496. The molecule has 2 amide bonds. The van der Waals surface area contributed by atoms with Gasteiger partial charge in [0.15, 0.2) is 0 Å². The van der Waals surface area contributed by atoms with Gasteiger partial charge in [-0.1, -0.05) is 12.1 Å². The maximum atomic E-state index is 12.3. The van der Waals surface area contributed by atoms with Gasteiger partial charge in [-0.2, -0.15) is 0 Å². The van der Waals surface area contributed by atoms with E-state index in [2.05, 4.69) is 11.4 Å². The monoisotopic (exact) mass is 356 g/mol. The highest BCUT2D eigenvalue weighted by Gasteiger charge is 2.18. The van der Waals surface area contributed by atoms with Crippen molar-refractivity contribution in [3.05, 3.63) is 29.8 Å². The van der Waals surface area contributed by atoms with Gasteiger partial charge in [-0.15, -0.1) is 23.5 Å². The second-order valence-electron chi connectivity index (χ2n) is 5.27. The van der Waals surface area contributed by atoms with Crippen LogP contribution in [-0.4, -0.2) is 59.0 Å². The maximum Gasteiger partial charge on any atom is 0.321 e. The number of rotatable bonds is 7. The summed E-state index contributed by atoms with van der Waals surface area (Å²) in [4.78, 5) is 13.8. The fourth-order valence-electron chi connectivity index (χ4n) is 2.34. The van der Waals surface area contributed by atoms with Crippen molar-refractivity contribution in [2.75, 3.05) is 43.1 Å². The summed E-state index contributed by atoms with van der Waals surface area (Å²) in [5.74, 6) is 2.36. The minimum absolute atomic E-state index is 0.0286. The number of thioether (sulfide) groups is 2. The van der Waals surface area contributed by atoms with Crippen LogP contribution in [0.25, 0.3) is 0 Å². The first-order valence-corrected chi connectivity index (χ1v) is 9.95. The second kappa shape index (κ2) is 10.1. The highest BCUT2D eigenvalue weighted by molar-refractivity contribution is 8.16. The van der Waals surface area contributed by atoms with Gasteiger partial charge in [0, 0.05) is 25.4 Å². The molecule has 0 bridgehead atoms. The number of nitrogens with zero attached hydrogens (tertiary/aromatic N) is 1. The maximum absolute atomic E-state index is 12.3. The van der Waals surface area contributed by atoms with Gasteiger partial charge in [0.1, 0.15) is 0 Å².